The minimum atomic E-state index is -1.35. The first-order valence-electron chi connectivity index (χ1n) is 13.1. The third-order valence-electron chi connectivity index (χ3n) is 6.80. The van der Waals surface area contributed by atoms with Gasteiger partial charge in [0.05, 0.1) is 13.8 Å². The van der Waals surface area contributed by atoms with Crippen LogP contribution in [-0.2, 0) is 26.3 Å². The number of carboxylic acid groups (broad SMARTS) is 1. The third kappa shape index (κ3) is 6.20. The summed E-state index contributed by atoms with van der Waals surface area (Å²) in [6, 6.07) is 1.17. The summed E-state index contributed by atoms with van der Waals surface area (Å²) in [6.45, 7) is 0. The van der Waals surface area contributed by atoms with Crippen molar-refractivity contribution >= 4 is 96.7 Å². The van der Waals surface area contributed by atoms with Gasteiger partial charge >= 0.3 is 5.97 Å². The summed E-state index contributed by atoms with van der Waals surface area (Å²) >= 11 is 5.07. The molecule has 2 aliphatic heterocycles. The van der Waals surface area contributed by atoms with Crippen molar-refractivity contribution in [1.29, 1.82) is 0 Å². The molecular weight excluding hydrogens is 719 g/mol. The van der Waals surface area contributed by atoms with Gasteiger partial charge < -0.3 is 25.6 Å². The maximum atomic E-state index is 15.6. The number of β-lactam (4-membered cyclic amide) rings is 1. The van der Waals surface area contributed by atoms with Crippen molar-refractivity contribution in [1.82, 2.24) is 30.0 Å². The predicted octanol–water partition coefficient (Wildman–Crippen LogP) is 2.74. The van der Waals surface area contributed by atoms with E-state index < -0.39 is 46.3 Å². The van der Waals surface area contributed by atoms with Crippen LogP contribution in [0.5, 0.6) is 0 Å². The van der Waals surface area contributed by atoms with Gasteiger partial charge in [-0.1, -0.05) is 5.16 Å². The Morgan fingerprint density at radius 2 is 2.09 bits per heavy atom. The summed E-state index contributed by atoms with van der Waals surface area (Å²) in [5.41, 5.74) is 5.15. The van der Waals surface area contributed by atoms with E-state index in [-0.39, 0.29) is 53.9 Å². The molecule has 1 saturated heterocycles. The molecule has 0 unspecified atom stereocenters. The van der Waals surface area contributed by atoms with E-state index in [0.717, 1.165) is 57.2 Å². The van der Waals surface area contributed by atoms with Crippen molar-refractivity contribution in [2.75, 3.05) is 24.3 Å². The van der Waals surface area contributed by atoms with Gasteiger partial charge in [-0.15, -0.1) is 56.4 Å². The number of aliphatic carboxylic acids is 1. The molecule has 2 aliphatic rings. The summed E-state index contributed by atoms with van der Waals surface area (Å²) in [5, 5.41) is 25.0. The van der Waals surface area contributed by atoms with Crippen molar-refractivity contribution in [3.63, 3.8) is 0 Å². The zero-order chi connectivity index (χ0) is 33.6. The lowest BCUT2D eigenvalue weighted by atomic mass is 10.0. The topological polar surface area (TPSA) is 195 Å². The van der Waals surface area contributed by atoms with E-state index in [2.05, 4.69) is 25.7 Å². The van der Waals surface area contributed by atoms with E-state index in [0.29, 0.717) is 9.78 Å². The lowest BCUT2D eigenvalue weighted by Crippen LogP contribution is -2.71. The zero-order valence-electron chi connectivity index (χ0n) is 23.9. The Balaban J connectivity index is 1.21. The number of aromatic nitrogens is 4. The van der Waals surface area contributed by atoms with E-state index in [1.54, 1.807) is 7.05 Å². The van der Waals surface area contributed by atoms with Crippen LogP contribution in [0.4, 0.5) is 13.9 Å². The van der Waals surface area contributed by atoms with Crippen LogP contribution in [0.3, 0.4) is 0 Å². The smallest absolute Gasteiger partial charge is 0.352 e. The van der Waals surface area contributed by atoms with Crippen LogP contribution in [0.25, 0.3) is 10.1 Å². The number of halogens is 2. The second-order valence-electron chi connectivity index (χ2n) is 9.73. The van der Waals surface area contributed by atoms with E-state index in [1.165, 1.54) is 41.2 Å². The second-order valence-corrected chi connectivity index (χ2v) is 15.0. The molecule has 47 heavy (non-hydrogen) atoms. The van der Waals surface area contributed by atoms with Gasteiger partial charge in [0.15, 0.2) is 27.2 Å². The van der Waals surface area contributed by atoms with Gasteiger partial charge in [0.1, 0.15) is 42.1 Å². The number of nitrogens with one attached hydrogen (secondary N) is 1. The van der Waals surface area contributed by atoms with Crippen molar-refractivity contribution in [2.24, 2.45) is 12.2 Å². The molecule has 0 radical (unpaired) electrons. The molecular formula is C26H20F2N8O6S5. The fraction of sp³-hybridized carbons (Fsp3) is 0.231. The fourth-order valence-electron chi connectivity index (χ4n) is 4.66. The van der Waals surface area contributed by atoms with E-state index in [1.807, 2.05) is 0 Å². The number of oxime groups is 1. The maximum absolute atomic E-state index is 15.6. The first kappa shape index (κ1) is 32.9. The average molecular weight is 739 g/mol. The van der Waals surface area contributed by atoms with Gasteiger partial charge in [-0.2, -0.15) is 0 Å². The summed E-state index contributed by atoms with van der Waals surface area (Å²) in [7, 11) is 2.86. The minimum absolute atomic E-state index is 0.0584. The van der Waals surface area contributed by atoms with Gasteiger partial charge in [-0.3, -0.25) is 19.3 Å². The highest BCUT2D eigenvalue weighted by Crippen LogP contribution is 2.43. The minimum Gasteiger partial charge on any atom is -0.477 e. The number of carboxylic acids is 1. The summed E-state index contributed by atoms with van der Waals surface area (Å²) in [6.07, 6.45) is 1.39. The molecule has 0 bridgehead atoms. The number of benzene rings is 1. The Hall–Kier alpha value is -4.05. The van der Waals surface area contributed by atoms with Crippen molar-refractivity contribution < 1.29 is 33.1 Å². The Morgan fingerprint density at radius 1 is 1.30 bits per heavy atom. The highest BCUT2D eigenvalue weighted by molar-refractivity contribution is 8.02. The maximum Gasteiger partial charge on any atom is 0.352 e. The van der Waals surface area contributed by atoms with Gasteiger partial charge in [-0.05, 0) is 23.4 Å². The van der Waals surface area contributed by atoms with Gasteiger partial charge in [-0.25, -0.2) is 18.6 Å². The Labute approximate surface area is 283 Å². The fourth-order valence-corrected chi connectivity index (χ4v) is 9.79. The molecule has 0 aliphatic carbocycles. The normalized spacial score (nSPS) is 17.9. The lowest BCUT2D eigenvalue weighted by molar-refractivity contribution is -0.150. The van der Waals surface area contributed by atoms with Crippen LogP contribution < -0.4 is 16.5 Å². The van der Waals surface area contributed by atoms with Crippen molar-refractivity contribution in [2.45, 2.75) is 25.7 Å². The quantitative estimate of drug-likeness (QED) is 0.0931. The molecule has 2 atom stereocenters. The van der Waals surface area contributed by atoms with Crippen LogP contribution in [0.2, 0.25) is 0 Å². The van der Waals surface area contributed by atoms with Crippen LogP contribution >= 0.6 is 58.0 Å². The van der Waals surface area contributed by atoms with E-state index >= 15 is 4.39 Å². The predicted molar refractivity (Wildman–Crippen MR) is 174 cm³/mol. The SMILES string of the molecule is CO/N=C(\C(=O)N[C@@H]1C(=O)N2C(C(=O)O)=C(CSc3cc(=O)c4cc(F)c(Sc5nncn5C)c(F)c4s3)CS[C@H]12)c1csc(N)n1. The monoisotopic (exact) mass is 738 g/mol. The molecule has 4 N–H and O–H groups in total. The number of nitrogen functional groups attached to an aromatic ring is 1. The van der Waals surface area contributed by atoms with Crippen LogP contribution in [0.15, 0.2) is 59.3 Å². The molecule has 244 valence electrons. The number of carbonyl (C=O) groups excluding carboxylic acids is 2. The number of hydrogen-bond donors (Lipinski definition) is 3. The van der Waals surface area contributed by atoms with Gasteiger partial charge in [0.25, 0.3) is 11.8 Å². The third-order valence-corrected chi connectivity index (χ3v) is 12.4. The molecule has 1 fully saturated rings. The number of hydrogen-bond acceptors (Lipinski definition) is 15. The van der Waals surface area contributed by atoms with Crippen molar-refractivity contribution in [3.8, 4) is 0 Å². The number of anilines is 1. The number of fused-ring (bicyclic) bond motifs is 2. The standard InChI is InChI=1S/C26H20F2N8O6S5/c1-35-8-30-33-26(35)47-20-11(27)3-10-13(37)4-14(46-19(10)15(20)28)43-5-9-6-44-23-17(22(39)36(23)18(9)24(40)41)32-21(38)16(34-42-2)12-7-45-25(29)31-12/h3-4,7-8,17,23H,5-6H2,1-2H3,(H2,29,31)(H,32,38)(H,40,41)/b34-16-/t17-,23-/m1/s1. The van der Waals surface area contributed by atoms with Crippen LogP contribution in [0.1, 0.15) is 5.69 Å². The summed E-state index contributed by atoms with van der Waals surface area (Å²) in [5.74, 6) is -4.33. The molecule has 0 spiro atoms. The first-order chi connectivity index (χ1) is 22.5. The zero-order valence-corrected chi connectivity index (χ0v) is 28.0. The van der Waals surface area contributed by atoms with Crippen LogP contribution in [0, 0.1) is 11.6 Å². The number of rotatable bonds is 10. The van der Waals surface area contributed by atoms with Crippen LogP contribution in [-0.4, -0.2) is 83.3 Å². The molecule has 3 aromatic heterocycles. The Kier molecular flexibility index (Phi) is 9.25. The number of nitrogens with zero attached hydrogens (tertiary/aromatic N) is 6. The van der Waals surface area contributed by atoms with Crippen molar-refractivity contribution in [3.05, 3.63) is 62.7 Å². The van der Waals surface area contributed by atoms with Gasteiger partial charge in [0.2, 0.25) is 0 Å². The summed E-state index contributed by atoms with van der Waals surface area (Å²) in [4.78, 5) is 60.9. The summed E-state index contributed by atoms with van der Waals surface area (Å²) < 4.78 is 32.2. The number of aryl methyl sites for hydroxylation is 1. The lowest BCUT2D eigenvalue weighted by Gasteiger charge is -2.49. The molecule has 5 heterocycles. The number of thioether (sulfide) groups is 2. The molecule has 2 amide bonds. The highest BCUT2D eigenvalue weighted by Gasteiger charge is 2.54. The van der Waals surface area contributed by atoms with E-state index in [9.17, 15) is 28.7 Å². The largest absolute Gasteiger partial charge is 0.477 e. The molecule has 6 rings (SSSR count). The number of thiazole rings is 1. The Bertz CT molecular complexity index is 2080. The first-order valence-corrected chi connectivity index (χ1v) is 17.7. The average Bonchev–Trinajstić information content (AvgIpc) is 3.66. The molecule has 4 aromatic rings. The number of carbonyl (C=O) groups is 3. The number of amides is 2. The molecule has 14 nitrogen and oxygen atoms in total. The molecule has 1 aromatic carbocycles. The molecule has 0 saturated carbocycles. The van der Waals surface area contributed by atoms with Gasteiger partial charge in [0, 0.05) is 35.4 Å². The Morgan fingerprint density at radius 3 is 2.74 bits per heavy atom. The highest BCUT2D eigenvalue weighted by atomic mass is 32.2. The second kappa shape index (κ2) is 13.2. The molecule has 21 heteroatoms. The number of nitrogens with two attached hydrogens (primary N) is 1. The van der Waals surface area contributed by atoms with E-state index in [4.69, 9.17) is 10.6 Å².